The molecular weight excluding hydrogens is 338 g/mol. The summed E-state index contributed by atoms with van der Waals surface area (Å²) in [6.07, 6.45) is 0. The fraction of sp³-hybridized carbons (Fsp3) is 0.222. The van der Waals surface area contributed by atoms with Crippen molar-refractivity contribution in [3.63, 3.8) is 0 Å². The topological polar surface area (TPSA) is 78.8 Å². The van der Waals surface area contributed by atoms with Crippen LogP contribution in [0.4, 0.5) is 11.4 Å². The van der Waals surface area contributed by atoms with Crippen LogP contribution in [0, 0.1) is 0 Å². The Balaban J connectivity index is 2.15. The van der Waals surface area contributed by atoms with Crippen LogP contribution in [0.2, 0.25) is 0 Å². The molecule has 1 aliphatic heterocycles. The van der Waals surface area contributed by atoms with E-state index in [1.807, 2.05) is 30.3 Å². The van der Waals surface area contributed by atoms with Gasteiger partial charge in [0.2, 0.25) is 15.9 Å². The first-order chi connectivity index (χ1) is 11.9. The molecule has 7 heteroatoms. The van der Waals surface area contributed by atoms with E-state index in [1.165, 1.54) is 0 Å². The van der Waals surface area contributed by atoms with Crippen LogP contribution in [0.3, 0.4) is 0 Å². The number of benzene rings is 2. The van der Waals surface area contributed by atoms with Crippen LogP contribution in [0.15, 0.2) is 53.5 Å². The first-order valence-electron chi connectivity index (χ1n) is 7.92. The fourth-order valence-electron chi connectivity index (χ4n) is 2.65. The number of hydrogen-bond donors (Lipinski definition) is 1. The number of aliphatic imine (C=N–C) groups is 1. The van der Waals surface area contributed by atoms with E-state index < -0.39 is 10.0 Å². The molecule has 1 N–H and O–H groups in total. The van der Waals surface area contributed by atoms with Crippen molar-refractivity contribution in [1.82, 2.24) is 0 Å². The second-order valence-electron chi connectivity index (χ2n) is 5.72. The Morgan fingerprint density at radius 2 is 1.88 bits per heavy atom. The van der Waals surface area contributed by atoms with Gasteiger partial charge in [-0.05, 0) is 25.1 Å². The minimum absolute atomic E-state index is 0.0118. The molecule has 0 aliphatic carbocycles. The highest BCUT2D eigenvalue weighted by Crippen LogP contribution is 2.29. The van der Waals surface area contributed by atoms with Crippen molar-refractivity contribution >= 4 is 33.0 Å². The third kappa shape index (κ3) is 3.56. The molecule has 6 nitrogen and oxygen atoms in total. The zero-order valence-corrected chi connectivity index (χ0v) is 14.9. The Labute approximate surface area is 147 Å². The lowest BCUT2D eigenvalue weighted by Gasteiger charge is -2.19. The van der Waals surface area contributed by atoms with E-state index in [2.05, 4.69) is 9.71 Å². The molecule has 130 valence electrons. The van der Waals surface area contributed by atoms with Gasteiger partial charge in [-0.15, -0.1) is 0 Å². The maximum absolute atomic E-state index is 12.2. The predicted molar refractivity (Wildman–Crippen MR) is 99.9 cm³/mol. The van der Waals surface area contributed by atoms with Crippen molar-refractivity contribution in [2.45, 2.75) is 6.92 Å². The van der Waals surface area contributed by atoms with Gasteiger partial charge in [-0.1, -0.05) is 30.3 Å². The number of likely N-dealkylation sites (N-methyl/N-ethyl adjacent to an activating group) is 1. The first-order valence-corrected chi connectivity index (χ1v) is 9.58. The van der Waals surface area contributed by atoms with E-state index in [9.17, 15) is 13.2 Å². The summed E-state index contributed by atoms with van der Waals surface area (Å²) in [5, 5.41) is 0. The summed E-state index contributed by atoms with van der Waals surface area (Å²) in [6, 6.07) is 14.7. The maximum atomic E-state index is 12.2. The van der Waals surface area contributed by atoms with Crippen LogP contribution in [0.1, 0.15) is 18.1 Å². The third-order valence-corrected chi connectivity index (χ3v) is 5.37. The molecule has 0 saturated heterocycles. The van der Waals surface area contributed by atoms with E-state index in [4.69, 9.17) is 0 Å². The molecule has 1 aliphatic rings. The normalized spacial score (nSPS) is 14.6. The van der Waals surface area contributed by atoms with Crippen LogP contribution >= 0.6 is 0 Å². The Morgan fingerprint density at radius 1 is 1.16 bits per heavy atom. The van der Waals surface area contributed by atoms with E-state index >= 15 is 0 Å². The molecule has 25 heavy (non-hydrogen) atoms. The number of sulfonamides is 1. The smallest absolute Gasteiger partial charge is 0.248 e. The second kappa shape index (κ2) is 6.68. The molecule has 2 aromatic rings. The third-order valence-electron chi connectivity index (χ3n) is 4.06. The van der Waals surface area contributed by atoms with Crippen molar-refractivity contribution in [3.05, 3.63) is 59.7 Å². The van der Waals surface area contributed by atoms with Gasteiger partial charge in [0.15, 0.2) is 0 Å². The number of hydrogen-bond acceptors (Lipinski definition) is 4. The van der Waals surface area contributed by atoms with Crippen molar-refractivity contribution in [1.29, 1.82) is 0 Å². The Hall–Kier alpha value is -2.67. The Morgan fingerprint density at radius 3 is 2.56 bits per heavy atom. The number of nitrogens with one attached hydrogen (secondary N) is 1. The lowest BCUT2D eigenvalue weighted by atomic mass is 10.00. The number of nitrogens with zero attached hydrogens (tertiary/aromatic N) is 2. The number of fused-ring (bicyclic) bond motifs is 1. The molecule has 0 saturated carbocycles. The molecular formula is C18H19N3O3S. The summed E-state index contributed by atoms with van der Waals surface area (Å²) >= 11 is 0. The summed E-state index contributed by atoms with van der Waals surface area (Å²) in [5.41, 5.74) is 3.42. The van der Waals surface area contributed by atoms with E-state index in [0.29, 0.717) is 17.1 Å². The van der Waals surface area contributed by atoms with Crippen molar-refractivity contribution < 1.29 is 13.2 Å². The molecule has 0 atom stereocenters. The molecule has 1 heterocycles. The van der Waals surface area contributed by atoms with Gasteiger partial charge >= 0.3 is 0 Å². The Kier molecular flexibility index (Phi) is 4.59. The van der Waals surface area contributed by atoms with Gasteiger partial charge in [-0.3, -0.25) is 14.5 Å². The Bertz CT molecular complexity index is 937. The molecule has 0 aromatic heterocycles. The van der Waals surface area contributed by atoms with Gasteiger partial charge in [0.25, 0.3) is 0 Å². The maximum Gasteiger partial charge on any atom is 0.248 e. The standard InChI is InChI=1S/C18H19N3O3S/c1-3-25(23,24)20-14-9-10-16-15(11-14)18(13-7-5-4-6-8-13)19-12-17(22)21(16)2/h4-11,20H,3,12H2,1-2H3. The molecule has 0 unspecified atom stereocenters. The van der Waals surface area contributed by atoms with Crippen LogP contribution in [-0.2, 0) is 14.8 Å². The van der Waals surface area contributed by atoms with Gasteiger partial charge in [-0.25, -0.2) is 8.42 Å². The SMILES string of the molecule is CCS(=O)(=O)Nc1ccc2c(c1)C(c1ccccc1)=NCC(=O)N2C. The van der Waals surface area contributed by atoms with Crippen LogP contribution in [0.25, 0.3) is 0 Å². The number of anilines is 2. The van der Waals surface area contributed by atoms with Gasteiger partial charge < -0.3 is 4.90 Å². The number of carbonyl (C=O) groups excluding carboxylic acids is 1. The summed E-state index contributed by atoms with van der Waals surface area (Å²) < 4.78 is 26.3. The molecule has 0 bridgehead atoms. The predicted octanol–water partition coefficient (Wildman–Crippen LogP) is 2.26. The van der Waals surface area contributed by atoms with Crippen molar-refractivity contribution in [2.24, 2.45) is 4.99 Å². The monoisotopic (exact) mass is 357 g/mol. The lowest BCUT2D eigenvalue weighted by molar-refractivity contribution is -0.116. The summed E-state index contributed by atoms with van der Waals surface area (Å²) in [6.45, 7) is 1.63. The fourth-order valence-corrected chi connectivity index (χ4v) is 3.28. The van der Waals surface area contributed by atoms with Crippen molar-refractivity contribution in [2.75, 3.05) is 29.0 Å². The summed E-state index contributed by atoms with van der Waals surface area (Å²) in [7, 11) is -1.69. The highest BCUT2D eigenvalue weighted by atomic mass is 32.2. The number of benzodiazepines with no additional fused rings is 1. The summed E-state index contributed by atoms with van der Waals surface area (Å²) in [4.78, 5) is 18.2. The van der Waals surface area contributed by atoms with Gasteiger partial charge in [0.1, 0.15) is 6.54 Å². The molecule has 3 rings (SSSR count). The average Bonchev–Trinajstić information content (AvgIpc) is 2.73. The molecule has 0 radical (unpaired) electrons. The summed E-state index contributed by atoms with van der Waals surface area (Å²) in [5.74, 6) is -0.128. The van der Waals surface area contributed by atoms with Crippen LogP contribution < -0.4 is 9.62 Å². The number of carbonyl (C=O) groups is 1. The quantitative estimate of drug-likeness (QED) is 0.912. The molecule has 0 spiro atoms. The second-order valence-corrected chi connectivity index (χ2v) is 7.73. The largest absolute Gasteiger partial charge is 0.313 e. The first kappa shape index (κ1) is 17.2. The van der Waals surface area contributed by atoms with Gasteiger partial charge in [0.05, 0.1) is 17.2 Å². The average molecular weight is 357 g/mol. The molecule has 2 aromatic carbocycles. The molecule has 0 fully saturated rings. The lowest BCUT2D eigenvalue weighted by Crippen LogP contribution is -2.27. The van der Waals surface area contributed by atoms with E-state index in [1.54, 1.807) is 37.1 Å². The van der Waals surface area contributed by atoms with Crippen LogP contribution in [0.5, 0.6) is 0 Å². The highest BCUT2D eigenvalue weighted by Gasteiger charge is 2.23. The van der Waals surface area contributed by atoms with Gasteiger partial charge in [0, 0.05) is 23.9 Å². The van der Waals surface area contributed by atoms with Crippen LogP contribution in [-0.4, -0.2) is 39.4 Å². The minimum Gasteiger partial charge on any atom is -0.313 e. The molecule has 1 amide bonds. The number of amides is 1. The van der Waals surface area contributed by atoms with Crippen molar-refractivity contribution in [3.8, 4) is 0 Å². The zero-order valence-electron chi connectivity index (χ0n) is 14.1. The van der Waals surface area contributed by atoms with E-state index in [0.717, 1.165) is 11.1 Å². The van der Waals surface area contributed by atoms with E-state index in [-0.39, 0.29) is 18.2 Å². The van der Waals surface area contributed by atoms with Gasteiger partial charge in [-0.2, -0.15) is 0 Å². The zero-order chi connectivity index (χ0) is 18.0. The number of rotatable bonds is 4. The highest BCUT2D eigenvalue weighted by molar-refractivity contribution is 7.92. The minimum atomic E-state index is -3.39.